The molecule has 1 aliphatic heterocycles. The molecule has 0 aliphatic carbocycles. The first-order valence-electron chi connectivity index (χ1n) is 7.53. The van der Waals surface area contributed by atoms with E-state index in [1.54, 1.807) is 17.0 Å². The molecule has 0 aromatic heterocycles. The summed E-state index contributed by atoms with van der Waals surface area (Å²) >= 11 is 5.87. The number of amides is 1. The minimum absolute atomic E-state index is 0.0874. The molecule has 2 N–H and O–H groups in total. The number of carbonyl (C=O) groups is 2. The second-order valence-electron chi connectivity index (χ2n) is 5.55. The Morgan fingerprint density at radius 2 is 2.09 bits per heavy atom. The molecule has 1 aromatic rings. The highest BCUT2D eigenvalue weighted by molar-refractivity contribution is 6.30. The number of carboxylic acid groups (broad SMARTS) is 1. The van der Waals surface area contributed by atoms with E-state index in [1.165, 1.54) is 0 Å². The average molecular weight is 325 g/mol. The van der Waals surface area contributed by atoms with Crippen molar-refractivity contribution in [3.8, 4) is 0 Å². The quantitative estimate of drug-likeness (QED) is 0.843. The van der Waals surface area contributed by atoms with Gasteiger partial charge in [0.2, 0.25) is 5.91 Å². The van der Waals surface area contributed by atoms with E-state index >= 15 is 0 Å². The molecule has 0 saturated carbocycles. The summed E-state index contributed by atoms with van der Waals surface area (Å²) < 4.78 is 0. The Bertz CT molecular complexity index is 533. The highest BCUT2D eigenvalue weighted by Gasteiger charge is 2.31. The second kappa shape index (κ2) is 7.61. The van der Waals surface area contributed by atoms with Crippen molar-refractivity contribution in [2.24, 2.45) is 0 Å². The van der Waals surface area contributed by atoms with E-state index in [0.29, 0.717) is 18.0 Å². The van der Waals surface area contributed by atoms with Crippen LogP contribution in [-0.2, 0) is 9.59 Å². The fourth-order valence-electron chi connectivity index (χ4n) is 2.84. The predicted octanol–water partition coefficient (Wildman–Crippen LogP) is 2.46. The third-order valence-electron chi connectivity index (χ3n) is 4.01. The molecule has 0 bridgehead atoms. The number of carboxylic acids is 1. The lowest BCUT2D eigenvalue weighted by atomic mass is 10.0. The van der Waals surface area contributed by atoms with E-state index in [2.05, 4.69) is 5.32 Å². The molecular weight excluding hydrogens is 304 g/mol. The lowest BCUT2D eigenvalue weighted by molar-refractivity contribution is -0.142. The Morgan fingerprint density at radius 3 is 2.68 bits per heavy atom. The number of carbonyl (C=O) groups excluding carboxylic acids is 1. The number of aliphatic carboxylic acids is 1. The number of benzene rings is 1. The van der Waals surface area contributed by atoms with Crippen LogP contribution in [-0.4, -0.2) is 41.0 Å². The standard InChI is InChI=1S/C16H21ClN2O3/c1-2-13(11-5-7-12(17)8-6-11)18-15(20)10-19-9-3-4-14(19)16(21)22/h5-8,13-14H,2-4,9-10H2,1H3,(H,18,20)(H,21,22)/t13?,14-/m0/s1. The largest absolute Gasteiger partial charge is 0.480 e. The van der Waals surface area contributed by atoms with Crippen LogP contribution in [0.25, 0.3) is 0 Å². The van der Waals surface area contributed by atoms with Gasteiger partial charge in [-0.25, -0.2) is 0 Å². The summed E-state index contributed by atoms with van der Waals surface area (Å²) in [6.07, 6.45) is 2.19. The van der Waals surface area contributed by atoms with Gasteiger partial charge in [-0.2, -0.15) is 0 Å². The molecule has 1 aliphatic rings. The van der Waals surface area contributed by atoms with Crippen molar-refractivity contribution in [3.63, 3.8) is 0 Å². The molecule has 1 heterocycles. The lowest BCUT2D eigenvalue weighted by Crippen LogP contribution is -2.43. The van der Waals surface area contributed by atoms with E-state index in [9.17, 15) is 9.59 Å². The van der Waals surface area contributed by atoms with Crippen molar-refractivity contribution in [2.45, 2.75) is 38.3 Å². The highest BCUT2D eigenvalue weighted by atomic mass is 35.5. The predicted molar refractivity (Wildman–Crippen MR) is 84.9 cm³/mol. The van der Waals surface area contributed by atoms with Crippen LogP contribution in [0.1, 0.15) is 37.8 Å². The summed E-state index contributed by atoms with van der Waals surface area (Å²) in [5.74, 6) is -0.995. The fourth-order valence-corrected chi connectivity index (χ4v) is 2.96. The van der Waals surface area contributed by atoms with Gasteiger partial charge in [0.05, 0.1) is 12.6 Å². The minimum Gasteiger partial charge on any atom is -0.480 e. The van der Waals surface area contributed by atoms with Crippen LogP contribution in [0.3, 0.4) is 0 Å². The van der Waals surface area contributed by atoms with Gasteiger partial charge in [-0.1, -0.05) is 30.7 Å². The second-order valence-corrected chi connectivity index (χ2v) is 5.98. The van der Waals surface area contributed by atoms with Crippen molar-refractivity contribution < 1.29 is 14.7 Å². The smallest absolute Gasteiger partial charge is 0.320 e. The van der Waals surface area contributed by atoms with Gasteiger partial charge in [-0.15, -0.1) is 0 Å². The first-order chi connectivity index (χ1) is 10.5. The SMILES string of the molecule is CCC(NC(=O)CN1CCC[C@H]1C(=O)O)c1ccc(Cl)cc1. The Balaban J connectivity index is 1.95. The Hall–Kier alpha value is -1.59. The number of rotatable bonds is 6. The van der Waals surface area contributed by atoms with E-state index < -0.39 is 12.0 Å². The number of hydrogen-bond acceptors (Lipinski definition) is 3. The Kier molecular flexibility index (Phi) is 5.80. The van der Waals surface area contributed by atoms with E-state index in [4.69, 9.17) is 16.7 Å². The summed E-state index contributed by atoms with van der Waals surface area (Å²) in [6, 6.07) is 6.76. The van der Waals surface area contributed by atoms with Crippen LogP contribution < -0.4 is 5.32 Å². The van der Waals surface area contributed by atoms with Gasteiger partial charge in [0.15, 0.2) is 0 Å². The monoisotopic (exact) mass is 324 g/mol. The first-order valence-corrected chi connectivity index (χ1v) is 7.90. The van der Waals surface area contributed by atoms with Gasteiger partial charge in [-0.3, -0.25) is 14.5 Å². The zero-order valence-electron chi connectivity index (χ0n) is 12.6. The van der Waals surface area contributed by atoms with Crippen LogP contribution in [0.5, 0.6) is 0 Å². The highest BCUT2D eigenvalue weighted by Crippen LogP contribution is 2.20. The molecule has 2 rings (SSSR count). The number of halogens is 1. The molecule has 0 spiro atoms. The fraction of sp³-hybridized carbons (Fsp3) is 0.500. The van der Waals surface area contributed by atoms with Gasteiger partial charge >= 0.3 is 5.97 Å². The number of nitrogens with one attached hydrogen (secondary N) is 1. The molecule has 1 fully saturated rings. The van der Waals surface area contributed by atoms with Gasteiger partial charge in [0.25, 0.3) is 0 Å². The van der Waals surface area contributed by atoms with E-state index in [0.717, 1.165) is 18.4 Å². The summed E-state index contributed by atoms with van der Waals surface area (Å²) in [6.45, 7) is 2.78. The molecule has 0 radical (unpaired) electrons. The van der Waals surface area contributed by atoms with Gasteiger partial charge < -0.3 is 10.4 Å². The molecule has 22 heavy (non-hydrogen) atoms. The zero-order chi connectivity index (χ0) is 16.1. The van der Waals surface area contributed by atoms with E-state index in [1.807, 2.05) is 19.1 Å². The topological polar surface area (TPSA) is 69.6 Å². The molecule has 1 aromatic carbocycles. The summed E-state index contributed by atoms with van der Waals surface area (Å²) in [7, 11) is 0. The van der Waals surface area contributed by atoms with Crippen LogP contribution >= 0.6 is 11.6 Å². The molecule has 2 atom stereocenters. The number of nitrogens with zero attached hydrogens (tertiary/aromatic N) is 1. The molecular formula is C16H21ClN2O3. The molecule has 120 valence electrons. The minimum atomic E-state index is -0.852. The van der Waals surface area contributed by atoms with E-state index in [-0.39, 0.29) is 18.5 Å². The van der Waals surface area contributed by atoms with Crippen molar-refractivity contribution in [3.05, 3.63) is 34.9 Å². The van der Waals surface area contributed by atoms with Crippen molar-refractivity contribution in [1.82, 2.24) is 10.2 Å². The normalized spacial score (nSPS) is 19.8. The average Bonchev–Trinajstić information content (AvgIpc) is 2.94. The Labute approximate surface area is 135 Å². The summed E-state index contributed by atoms with van der Waals surface area (Å²) in [4.78, 5) is 25.1. The summed E-state index contributed by atoms with van der Waals surface area (Å²) in [5, 5.41) is 12.8. The van der Waals surface area contributed by atoms with Crippen LogP contribution in [0.15, 0.2) is 24.3 Å². The molecule has 5 nitrogen and oxygen atoms in total. The van der Waals surface area contributed by atoms with Crippen molar-refractivity contribution >= 4 is 23.5 Å². The van der Waals surface area contributed by atoms with Gasteiger partial charge in [0.1, 0.15) is 6.04 Å². The summed E-state index contributed by atoms with van der Waals surface area (Å²) in [5.41, 5.74) is 0.997. The third-order valence-corrected chi connectivity index (χ3v) is 4.26. The Morgan fingerprint density at radius 1 is 1.41 bits per heavy atom. The lowest BCUT2D eigenvalue weighted by Gasteiger charge is -2.23. The zero-order valence-corrected chi connectivity index (χ0v) is 13.3. The molecule has 1 amide bonds. The van der Waals surface area contributed by atoms with Crippen molar-refractivity contribution in [1.29, 1.82) is 0 Å². The maximum atomic E-state index is 12.2. The molecule has 6 heteroatoms. The molecule has 1 saturated heterocycles. The maximum absolute atomic E-state index is 12.2. The third kappa shape index (κ3) is 4.21. The number of hydrogen-bond donors (Lipinski definition) is 2. The maximum Gasteiger partial charge on any atom is 0.320 e. The van der Waals surface area contributed by atoms with Crippen LogP contribution in [0.2, 0.25) is 5.02 Å². The van der Waals surface area contributed by atoms with Crippen molar-refractivity contribution in [2.75, 3.05) is 13.1 Å². The first kappa shape index (κ1) is 16.8. The van der Waals surface area contributed by atoms with Crippen LogP contribution in [0, 0.1) is 0 Å². The van der Waals surface area contributed by atoms with Crippen LogP contribution in [0.4, 0.5) is 0 Å². The molecule has 1 unspecified atom stereocenters. The van der Waals surface area contributed by atoms with Gasteiger partial charge in [0, 0.05) is 5.02 Å². The number of likely N-dealkylation sites (tertiary alicyclic amines) is 1. The van der Waals surface area contributed by atoms with Gasteiger partial charge in [-0.05, 0) is 43.5 Å².